The predicted octanol–water partition coefficient (Wildman–Crippen LogP) is 3.60. The van der Waals surface area contributed by atoms with E-state index < -0.39 is 0 Å². The van der Waals surface area contributed by atoms with E-state index in [1.54, 1.807) is 18.2 Å². The van der Waals surface area contributed by atoms with Gasteiger partial charge in [-0.1, -0.05) is 18.2 Å². The van der Waals surface area contributed by atoms with Gasteiger partial charge < -0.3 is 15.0 Å². The summed E-state index contributed by atoms with van der Waals surface area (Å²) in [5, 5.41) is 12.1. The van der Waals surface area contributed by atoms with Gasteiger partial charge in [0.15, 0.2) is 0 Å². The van der Waals surface area contributed by atoms with Crippen molar-refractivity contribution in [3.8, 4) is 6.07 Å². The molecule has 1 aliphatic heterocycles. The van der Waals surface area contributed by atoms with Crippen LogP contribution in [0.25, 0.3) is 0 Å². The lowest BCUT2D eigenvalue weighted by Gasteiger charge is -2.37. The topological polar surface area (TPSA) is 48.3 Å². The summed E-state index contributed by atoms with van der Waals surface area (Å²) in [6.45, 7) is 6.71. The molecule has 2 aromatic rings. The molecule has 2 aromatic carbocycles. The molecule has 3 rings (SSSR count). The van der Waals surface area contributed by atoms with E-state index in [-0.39, 0.29) is 18.0 Å². The number of nitrogens with zero attached hydrogens (tertiary/aromatic N) is 2. The van der Waals surface area contributed by atoms with E-state index in [9.17, 15) is 4.39 Å². The summed E-state index contributed by atoms with van der Waals surface area (Å²) < 4.78 is 20.3. The average Bonchev–Trinajstić information content (AvgIpc) is 2.61. The van der Waals surface area contributed by atoms with Crippen molar-refractivity contribution in [3.63, 3.8) is 0 Å². The average molecular weight is 353 g/mol. The van der Waals surface area contributed by atoms with E-state index in [2.05, 4.69) is 16.3 Å². The first kappa shape index (κ1) is 18.4. The van der Waals surface area contributed by atoms with Crippen LogP contribution in [-0.2, 0) is 17.8 Å². The van der Waals surface area contributed by atoms with E-state index in [0.717, 1.165) is 11.1 Å². The number of nitrogens with one attached hydrogen (secondary N) is 1. The number of halogens is 1. The highest BCUT2D eigenvalue weighted by Crippen LogP contribution is 2.24. The van der Waals surface area contributed by atoms with E-state index in [4.69, 9.17) is 10.00 Å². The van der Waals surface area contributed by atoms with Crippen molar-refractivity contribution in [2.45, 2.75) is 39.1 Å². The molecule has 136 valence electrons. The molecule has 0 aliphatic carbocycles. The fourth-order valence-electron chi connectivity index (χ4n) is 3.34. The summed E-state index contributed by atoms with van der Waals surface area (Å²) in [6.07, 6.45) is 0.207. The molecular weight excluding hydrogens is 329 g/mol. The van der Waals surface area contributed by atoms with E-state index in [0.29, 0.717) is 37.4 Å². The number of hydrogen-bond acceptors (Lipinski definition) is 4. The van der Waals surface area contributed by atoms with Crippen LogP contribution in [0.2, 0.25) is 0 Å². The van der Waals surface area contributed by atoms with Crippen molar-refractivity contribution in [3.05, 3.63) is 65.0 Å². The summed E-state index contributed by atoms with van der Waals surface area (Å²) in [5.41, 5.74) is 3.30. The van der Waals surface area contributed by atoms with Crippen molar-refractivity contribution >= 4 is 5.69 Å². The Hall–Kier alpha value is -2.42. The highest BCUT2D eigenvalue weighted by atomic mass is 19.1. The molecule has 1 aliphatic rings. The van der Waals surface area contributed by atoms with Gasteiger partial charge in [-0.3, -0.25) is 0 Å². The second-order valence-electron chi connectivity index (χ2n) is 6.86. The Morgan fingerprint density at radius 1 is 1.08 bits per heavy atom. The van der Waals surface area contributed by atoms with E-state index in [1.165, 1.54) is 0 Å². The zero-order chi connectivity index (χ0) is 18.5. The van der Waals surface area contributed by atoms with Crippen LogP contribution in [0.5, 0.6) is 0 Å². The van der Waals surface area contributed by atoms with Gasteiger partial charge in [0.2, 0.25) is 0 Å². The van der Waals surface area contributed by atoms with Crippen LogP contribution in [0.3, 0.4) is 0 Å². The first-order valence-electron chi connectivity index (χ1n) is 8.93. The molecule has 1 saturated heterocycles. The summed E-state index contributed by atoms with van der Waals surface area (Å²) in [5.74, 6) is -0.191. The van der Waals surface area contributed by atoms with Crippen molar-refractivity contribution in [2.24, 2.45) is 0 Å². The Kier molecular flexibility index (Phi) is 5.87. The minimum absolute atomic E-state index is 0.104. The van der Waals surface area contributed by atoms with Gasteiger partial charge in [-0.15, -0.1) is 0 Å². The second kappa shape index (κ2) is 8.31. The number of nitriles is 1. The van der Waals surface area contributed by atoms with E-state index in [1.807, 2.05) is 38.1 Å². The molecule has 4 nitrogen and oxygen atoms in total. The van der Waals surface area contributed by atoms with Gasteiger partial charge in [0.1, 0.15) is 5.82 Å². The minimum Gasteiger partial charge on any atom is -0.372 e. The Bertz CT molecular complexity index is 775. The molecule has 0 saturated carbocycles. The quantitative estimate of drug-likeness (QED) is 0.892. The number of morpholine rings is 1. The number of hydrogen-bond donors (Lipinski definition) is 1. The van der Waals surface area contributed by atoms with Crippen molar-refractivity contribution in [1.82, 2.24) is 5.32 Å². The van der Waals surface area contributed by atoms with Crippen LogP contribution in [0.15, 0.2) is 42.5 Å². The third kappa shape index (κ3) is 4.60. The molecule has 1 fully saturated rings. The van der Waals surface area contributed by atoms with Crippen LogP contribution in [-0.4, -0.2) is 25.3 Å². The summed E-state index contributed by atoms with van der Waals surface area (Å²) in [6, 6.07) is 15.0. The number of rotatable bonds is 5. The predicted molar refractivity (Wildman–Crippen MR) is 100 cm³/mol. The van der Waals surface area contributed by atoms with Gasteiger partial charge in [-0.05, 0) is 49.2 Å². The summed E-state index contributed by atoms with van der Waals surface area (Å²) in [4.78, 5) is 2.06. The minimum atomic E-state index is -0.191. The molecule has 0 unspecified atom stereocenters. The highest BCUT2D eigenvalue weighted by molar-refractivity contribution is 5.50. The standard InChI is InChI=1S/C21H24FN3O/c1-15-13-25(14-16(2)26-15)21-8-7-19(9-20(21)22)12-24-11-18-5-3-17(10-23)4-6-18/h3-9,15-16,24H,11-14H2,1-2H3/t15-,16+. The summed E-state index contributed by atoms with van der Waals surface area (Å²) >= 11 is 0. The van der Waals surface area contributed by atoms with E-state index >= 15 is 0 Å². The smallest absolute Gasteiger partial charge is 0.146 e. The molecular formula is C21H24FN3O. The zero-order valence-corrected chi connectivity index (χ0v) is 15.2. The lowest BCUT2D eigenvalue weighted by molar-refractivity contribution is -0.00539. The van der Waals surface area contributed by atoms with Gasteiger partial charge in [0.25, 0.3) is 0 Å². The monoisotopic (exact) mass is 353 g/mol. The zero-order valence-electron chi connectivity index (χ0n) is 15.2. The SMILES string of the molecule is C[C@@H]1CN(c2ccc(CNCc3ccc(C#N)cc3)cc2F)C[C@H](C)O1. The fraction of sp³-hybridized carbons (Fsp3) is 0.381. The van der Waals surface area contributed by atoms with Gasteiger partial charge >= 0.3 is 0 Å². The van der Waals surface area contributed by atoms with Gasteiger partial charge in [-0.2, -0.15) is 5.26 Å². The maximum atomic E-state index is 14.6. The first-order chi connectivity index (χ1) is 12.5. The molecule has 0 radical (unpaired) electrons. The molecule has 0 amide bonds. The molecule has 1 heterocycles. The number of benzene rings is 2. The number of anilines is 1. The van der Waals surface area contributed by atoms with Crippen molar-refractivity contribution < 1.29 is 9.13 Å². The Morgan fingerprint density at radius 3 is 2.31 bits per heavy atom. The van der Waals surface area contributed by atoms with Crippen LogP contribution in [0.1, 0.15) is 30.5 Å². The van der Waals surface area contributed by atoms with Gasteiger partial charge in [-0.25, -0.2) is 4.39 Å². The van der Waals surface area contributed by atoms with Gasteiger partial charge in [0.05, 0.1) is 29.5 Å². The van der Waals surface area contributed by atoms with Crippen LogP contribution in [0, 0.1) is 17.1 Å². The first-order valence-corrected chi connectivity index (χ1v) is 8.93. The molecule has 0 spiro atoms. The summed E-state index contributed by atoms with van der Waals surface area (Å²) in [7, 11) is 0. The lowest BCUT2D eigenvalue weighted by atomic mass is 10.1. The van der Waals surface area contributed by atoms with Crippen LogP contribution < -0.4 is 10.2 Å². The van der Waals surface area contributed by atoms with Crippen LogP contribution >= 0.6 is 0 Å². The molecule has 1 N–H and O–H groups in total. The molecule has 2 atom stereocenters. The lowest BCUT2D eigenvalue weighted by Crippen LogP contribution is -2.45. The Balaban J connectivity index is 1.58. The van der Waals surface area contributed by atoms with Crippen molar-refractivity contribution in [1.29, 1.82) is 5.26 Å². The largest absolute Gasteiger partial charge is 0.372 e. The molecule has 26 heavy (non-hydrogen) atoms. The van der Waals surface area contributed by atoms with Gasteiger partial charge in [0, 0.05) is 26.2 Å². The second-order valence-corrected chi connectivity index (χ2v) is 6.86. The molecule has 0 bridgehead atoms. The maximum absolute atomic E-state index is 14.6. The normalized spacial score (nSPS) is 20.0. The highest BCUT2D eigenvalue weighted by Gasteiger charge is 2.24. The molecule has 5 heteroatoms. The third-order valence-electron chi connectivity index (χ3n) is 4.51. The fourth-order valence-corrected chi connectivity index (χ4v) is 3.34. The van der Waals surface area contributed by atoms with Crippen molar-refractivity contribution in [2.75, 3.05) is 18.0 Å². The maximum Gasteiger partial charge on any atom is 0.146 e. The molecule has 0 aromatic heterocycles. The number of ether oxygens (including phenoxy) is 1. The Labute approximate surface area is 154 Å². The third-order valence-corrected chi connectivity index (χ3v) is 4.51. The Morgan fingerprint density at radius 2 is 1.69 bits per heavy atom. The van der Waals surface area contributed by atoms with Crippen LogP contribution in [0.4, 0.5) is 10.1 Å².